The molecular formula is C22H26N2O6. The molecule has 4 rings (SSSR count). The fraction of sp³-hybridized carbons (Fsp3) is 0.500. The highest BCUT2D eigenvalue weighted by Crippen LogP contribution is 2.44. The lowest BCUT2D eigenvalue weighted by Gasteiger charge is -2.25. The van der Waals surface area contributed by atoms with Gasteiger partial charge in [-0.1, -0.05) is 6.42 Å². The van der Waals surface area contributed by atoms with Crippen LogP contribution >= 0.6 is 0 Å². The predicted molar refractivity (Wildman–Crippen MR) is 109 cm³/mol. The van der Waals surface area contributed by atoms with E-state index >= 15 is 0 Å². The summed E-state index contributed by atoms with van der Waals surface area (Å²) in [5, 5.41) is 15.8. The summed E-state index contributed by atoms with van der Waals surface area (Å²) >= 11 is 0. The summed E-state index contributed by atoms with van der Waals surface area (Å²) in [4.78, 5) is 37.0. The molecule has 2 aliphatic carbocycles. The quantitative estimate of drug-likeness (QED) is 0.585. The van der Waals surface area contributed by atoms with Crippen molar-refractivity contribution >= 4 is 22.8 Å². The molecule has 4 atom stereocenters. The lowest BCUT2D eigenvalue weighted by Crippen LogP contribution is -2.52. The molecule has 2 aromatic rings. The van der Waals surface area contributed by atoms with E-state index in [1.807, 2.05) is 0 Å². The predicted octanol–water partition coefficient (Wildman–Crippen LogP) is 1.13. The highest BCUT2D eigenvalue weighted by Gasteiger charge is 2.40. The Morgan fingerprint density at radius 1 is 1.27 bits per heavy atom. The molecule has 0 saturated heterocycles. The first-order chi connectivity index (χ1) is 14.5. The molecule has 2 saturated carbocycles. The molecule has 0 radical (unpaired) electrons. The maximum atomic E-state index is 12.6. The van der Waals surface area contributed by atoms with Gasteiger partial charge in [-0.25, -0.2) is 4.79 Å². The molecule has 8 heteroatoms. The second-order valence-corrected chi connectivity index (χ2v) is 8.22. The molecule has 1 heterocycles. The van der Waals surface area contributed by atoms with Crippen LogP contribution in [0.25, 0.3) is 11.0 Å². The number of aliphatic hydroxyl groups excluding tert-OH is 1. The van der Waals surface area contributed by atoms with Gasteiger partial charge in [-0.2, -0.15) is 0 Å². The first kappa shape index (κ1) is 20.4. The average Bonchev–Trinajstić information content (AvgIpc) is 3.34. The molecule has 30 heavy (non-hydrogen) atoms. The van der Waals surface area contributed by atoms with Gasteiger partial charge in [0.05, 0.1) is 20.1 Å². The van der Waals surface area contributed by atoms with Crippen molar-refractivity contribution in [3.63, 3.8) is 0 Å². The SMILES string of the molecule is COc1ccc2c(CC(=O)NC(CO)C(=O)NC3CC4CCC3C4)cc(=O)oc2c1. The Morgan fingerprint density at radius 2 is 2.10 bits per heavy atom. The number of carbonyl (C=O) groups is 2. The van der Waals surface area contributed by atoms with Crippen LogP contribution in [0.5, 0.6) is 5.75 Å². The van der Waals surface area contributed by atoms with E-state index in [0.717, 1.165) is 19.3 Å². The van der Waals surface area contributed by atoms with Gasteiger partial charge >= 0.3 is 5.63 Å². The maximum absolute atomic E-state index is 12.6. The molecular weight excluding hydrogens is 388 g/mol. The Morgan fingerprint density at radius 3 is 2.77 bits per heavy atom. The van der Waals surface area contributed by atoms with Gasteiger partial charge in [0.15, 0.2) is 0 Å². The number of ether oxygens (including phenoxy) is 1. The number of amides is 2. The van der Waals surface area contributed by atoms with Crippen molar-refractivity contribution in [3.8, 4) is 5.75 Å². The third-order valence-electron chi connectivity index (χ3n) is 6.29. The molecule has 4 unspecified atom stereocenters. The molecule has 3 N–H and O–H groups in total. The number of nitrogens with one attached hydrogen (secondary N) is 2. The van der Waals surface area contributed by atoms with E-state index in [1.165, 1.54) is 19.6 Å². The summed E-state index contributed by atoms with van der Waals surface area (Å²) in [5.41, 5.74) is 0.218. The minimum absolute atomic E-state index is 0.119. The molecule has 8 nitrogen and oxygen atoms in total. The average molecular weight is 414 g/mol. The van der Waals surface area contributed by atoms with Gasteiger partial charge in [0.2, 0.25) is 11.8 Å². The summed E-state index contributed by atoms with van der Waals surface area (Å²) in [6, 6.07) is 5.37. The zero-order valence-corrected chi connectivity index (χ0v) is 16.8. The Balaban J connectivity index is 1.43. The van der Waals surface area contributed by atoms with Crippen LogP contribution in [0.15, 0.2) is 33.5 Å². The van der Waals surface area contributed by atoms with Gasteiger partial charge < -0.3 is 24.9 Å². The Hall–Kier alpha value is -2.87. The second kappa shape index (κ2) is 8.47. The van der Waals surface area contributed by atoms with Crippen molar-refractivity contribution in [2.75, 3.05) is 13.7 Å². The van der Waals surface area contributed by atoms with Crippen LogP contribution in [0.3, 0.4) is 0 Å². The van der Waals surface area contributed by atoms with Crippen molar-refractivity contribution in [2.24, 2.45) is 11.8 Å². The molecule has 2 fully saturated rings. The van der Waals surface area contributed by atoms with Crippen LogP contribution in [0, 0.1) is 11.8 Å². The first-order valence-corrected chi connectivity index (χ1v) is 10.3. The molecule has 2 amide bonds. The monoisotopic (exact) mass is 414 g/mol. The van der Waals surface area contributed by atoms with E-state index < -0.39 is 24.2 Å². The highest BCUT2D eigenvalue weighted by molar-refractivity contribution is 5.91. The van der Waals surface area contributed by atoms with Crippen molar-refractivity contribution in [3.05, 3.63) is 40.2 Å². The number of rotatable bonds is 7. The fourth-order valence-corrected chi connectivity index (χ4v) is 4.80. The van der Waals surface area contributed by atoms with Crippen molar-refractivity contribution in [1.29, 1.82) is 0 Å². The molecule has 2 aliphatic rings. The molecule has 1 aromatic heterocycles. The number of fused-ring (bicyclic) bond motifs is 3. The number of benzene rings is 1. The van der Waals surface area contributed by atoms with Crippen LogP contribution in [0.1, 0.15) is 31.2 Å². The van der Waals surface area contributed by atoms with Crippen LogP contribution in [-0.4, -0.2) is 42.7 Å². The first-order valence-electron chi connectivity index (χ1n) is 10.3. The van der Waals surface area contributed by atoms with Crippen LogP contribution in [-0.2, 0) is 16.0 Å². The van der Waals surface area contributed by atoms with Crippen LogP contribution < -0.4 is 21.0 Å². The number of carbonyl (C=O) groups excluding carboxylic acids is 2. The van der Waals surface area contributed by atoms with Crippen molar-refractivity contribution in [1.82, 2.24) is 10.6 Å². The third kappa shape index (κ3) is 4.18. The summed E-state index contributed by atoms with van der Waals surface area (Å²) in [6.45, 7) is -0.493. The zero-order valence-electron chi connectivity index (χ0n) is 16.8. The molecule has 0 spiro atoms. The molecule has 2 bridgehead atoms. The molecule has 0 aliphatic heterocycles. The van der Waals surface area contributed by atoms with Crippen molar-refractivity contribution < 1.29 is 23.8 Å². The topological polar surface area (TPSA) is 118 Å². The summed E-state index contributed by atoms with van der Waals surface area (Å²) in [6.07, 6.45) is 4.35. The largest absolute Gasteiger partial charge is 0.497 e. The van der Waals surface area contributed by atoms with Gasteiger partial charge in [-0.3, -0.25) is 9.59 Å². The van der Waals surface area contributed by atoms with Gasteiger partial charge in [0.1, 0.15) is 17.4 Å². The van der Waals surface area contributed by atoms with Crippen molar-refractivity contribution in [2.45, 2.75) is 44.2 Å². The summed E-state index contributed by atoms with van der Waals surface area (Å²) in [5.74, 6) is 0.885. The van der Waals surface area contributed by atoms with Gasteiger partial charge in [0.25, 0.3) is 0 Å². The normalized spacial score (nSPS) is 23.3. The number of hydrogen-bond acceptors (Lipinski definition) is 6. The van der Waals surface area contributed by atoms with E-state index in [2.05, 4.69) is 10.6 Å². The van der Waals surface area contributed by atoms with Crippen LogP contribution in [0.2, 0.25) is 0 Å². The second-order valence-electron chi connectivity index (χ2n) is 8.22. The van der Waals surface area contributed by atoms with E-state index in [1.54, 1.807) is 18.2 Å². The van der Waals surface area contributed by atoms with E-state index in [-0.39, 0.29) is 18.4 Å². The smallest absolute Gasteiger partial charge is 0.336 e. The van der Waals surface area contributed by atoms with E-state index in [9.17, 15) is 19.5 Å². The van der Waals surface area contributed by atoms with Gasteiger partial charge in [-0.15, -0.1) is 0 Å². The zero-order chi connectivity index (χ0) is 21.3. The molecule has 1 aromatic carbocycles. The Labute approximate surface area is 173 Å². The minimum Gasteiger partial charge on any atom is -0.497 e. The minimum atomic E-state index is -1.02. The maximum Gasteiger partial charge on any atom is 0.336 e. The van der Waals surface area contributed by atoms with Gasteiger partial charge in [0, 0.05) is 23.6 Å². The van der Waals surface area contributed by atoms with E-state index in [4.69, 9.17) is 9.15 Å². The Kier molecular flexibility index (Phi) is 5.76. The fourth-order valence-electron chi connectivity index (χ4n) is 4.80. The van der Waals surface area contributed by atoms with Crippen LogP contribution in [0.4, 0.5) is 0 Å². The summed E-state index contributed by atoms with van der Waals surface area (Å²) in [7, 11) is 1.51. The highest BCUT2D eigenvalue weighted by atomic mass is 16.5. The lowest BCUT2D eigenvalue weighted by molar-refractivity contribution is -0.130. The molecule has 160 valence electrons. The third-order valence-corrected chi connectivity index (χ3v) is 6.29. The van der Waals surface area contributed by atoms with Gasteiger partial charge in [-0.05, 0) is 48.8 Å². The number of methoxy groups -OCH3 is 1. The van der Waals surface area contributed by atoms with E-state index in [0.29, 0.717) is 34.1 Å². The Bertz CT molecular complexity index is 1020. The lowest BCUT2D eigenvalue weighted by atomic mass is 9.95. The summed E-state index contributed by atoms with van der Waals surface area (Å²) < 4.78 is 10.3. The number of hydrogen-bond donors (Lipinski definition) is 3. The standard InChI is InChI=1S/C22H26N2O6/c1-29-15-4-5-16-14(9-21(27)30-19(16)10-15)8-20(26)23-18(11-25)22(28)24-17-7-12-2-3-13(17)6-12/h4-5,9-10,12-13,17-18,25H,2-3,6-8,11H2,1H3,(H,23,26)(H,24,28). The number of aliphatic hydroxyl groups is 1.